The fourth-order valence-electron chi connectivity index (χ4n) is 4.73. The van der Waals surface area contributed by atoms with Crippen molar-refractivity contribution in [3.8, 4) is 22.6 Å². The third-order valence-corrected chi connectivity index (χ3v) is 8.62. The van der Waals surface area contributed by atoms with Gasteiger partial charge >= 0.3 is 5.97 Å². The number of carbonyl (C=O) groups excluding carboxylic acids is 1. The van der Waals surface area contributed by atoms with E-state index in [4.69, 9.17) is 19.7 Å². The molecule has 0 radical (unpaired) electrons. The molecule has 1 fully saturated rings. The first-order valence-electron chi connectivity index (χ1n) is 12.1. The van der Waals surface area contributed by atoms with E-state index in [9.17, 15) is 18.0 Å². The van der Waals surface area contributed by atoms with E-state index in [1.165, 1.54) is 12.1 Å². The van der Waals surface area contributed by atoms with Gasteiger partial charge in [-0.1, -0.05) is 36.4 Å². The number of sulfonamides is 1. The second kappa shape index (κ2) is 9.86. The minimum absolute atomic E-state index is 0. The van der Waals surface area contributed by atoms with Gasteiger partial charge in [0.05, 0.1) is 16.9 Å². The molecule has 1 aliphatic heterocycles. The Morgan fingerprint density at radius 2 is 1.74 bits per heavy atom. The highest BCUT2D eigenvalue weighted by molar-refractivity contribution is 7.89. The van der Waals surface area contributed by atoms with E-state index in [2.05, 4.69) is 0 Å². The molecule has 0 aromatic heterocycles. The summed E-state index contributed by atoms with van der Waals surface area (Å²) in [5.74, 6) is 0.0105. The zero-order valence-electron chi connectivity index (χ0n) is 20.6. The number of ketones is 1. The molecule has 2 aliphatic rings. The van der Waals surface area contributed by atoms with Crippen LogP contribution in [0, 0.1) is 6.92 Å². The van der Waals surface area contributed by atoms with Crippen LogP contribution >= 0.6 is 0 Å². The number of carbonyl (C=O) groups is 2. The van der Waals surface area contributed by atoms with E-state index >= 15 is 0 Å². The Bertz CT molecular complexity index is 1520. The zero-order chi connectivity index (χ0) is 27.1. The van der Waals surface area contributed by atoms with Crippen LogP contribution in [0.25, 0.3) is 11.1 Å². The predicted octanol–water partition coefficient (Wildman–Crippen LogP) is 3.45. The first-order valence-corrected chi connectivity index (χ1v) is 13.6. The molecule has 1 saturated carbocycles. The quantitative estimate of drug-likeness (QED) is 0.355. The fourth-order valence-corrected chi connectivity index (χ4v) is 5.91. The van der Waals surface area contributed by atoms with Crippen LogP contribution in [0.2, 0.25) is 0 Å². The summed E-state index contributed by atoms with van der Waals surface area (Å²) in [6.07, 6.45) is 1.83. The number of aliphatic hydroxyl groups excluding tert-OH is 1. The number of ether oxygens (including phenoxy) is 2. The molecule has 0 saturated heterocycles. The molecule has 0 bridgehead atoms. The Hall–Kier alpha value is -3.73. The van der Waals surface area contributed by atoms with Gasteiger partial charge in [0.25, 0.3) is 0 Å². The molecule has 9 nitrogen and oxygen atoms in total. The van der Waals surface area contributed by atoms with Gasteiger partial charge in [0, 0.05) is 9.27 Å². The molecule has 3 aromatic rings. The number of aliphatic carboxylic acids is 1. The maximum Gasteiger partial charge on any atom is 0.324 e. The van der Waals surface area contributed by atoms with Gasteiger partial charge < -0.3 is 19.7 Å². The van der Waals surface area contributed by atoms with Crippen LogP contribution < -0.4 is 14.2 Å². The van der Waals surface area contributed by atoms with Crippen LogP contribution in [0.5, 0.6) is 11.5 Å². The highest BCUT2D eigenvalue weighted by Gasteiger charge is 2.50. The average Bonchev–Trinajstić information content (AvgIpc) is 3.59. The molecule has 38 heavy (non-hydrogen) atoms. The second-order valence-corrected chi connectivity index (χ2v) is 11.3. The molecule has 1 aliphatic carbocycles. The third kappa shape index (κ3) is 4.90. The van der Waals surface area contributed by atoms with Gasteiger partial charge in [-0.15, -0.1) is 0 Å². The average molecular weight is 542 g/mol. The molecule has 0 spiro atoms. The van der Waals surface area contributed by atoms with Crippen LogP contribution in [0.4, 0.5) is 0 Å². The summed E-state index contributed by atoms with van der Waals surface area (Å²) >= 11 is 0. The molecular weight excluding hydrogens is 510 g/mol. The SMILES string of the molecule is Cc1ccc(CC(=O)C2(c3ccc4c(c3)OCO4)CC2)cc1-c1ccc(S(=O)(=O)N[C@@H](CO)C(=O)O)cc1.[HH].[HH]. The topological polar surface area (TPSA) is 139 Å². The second-order valence-electron chi connectivity index (χ2n) is 9.62. The number of benzene rings is 3. The Morgan fingerprint density at radius 1 is 1.03 bits per heavy atom. The van der Waals surface area contributed by atoms with Crippen molar-refractivity contribution in [1.82, 2.24) is 4.72 Å². The lowest BCUT2D eigenvalue weighted by Crippen LogP contribution is -2.43. The van der Waals surface area contributed by atoms with Crippen LogP contribution in [0.15, 0.2) is 65.6 Å². The third-order valence-electron chi connectivity index (χ3n) is 7.13. The summed E-state index contributed by atoms with van der Waals surface area (Å²) in [4.78, 5) is 24.4. The van der Waals surface area contributed by atoms with Gasteiger partial charge in [-0.2, -0.15) is 4.72 Å². The van der Waals surface area contributed by atoms with E-state index in [1.807, 2.05) is 48.0 Å². The standard InChI is InChI=1S/C28H27NO8S.2H2/c1-17-2-3-18(13-26(31)28(10-11-28)20-6-9-24-25(14-20)37-16-36-24)12-22(17)19-4-7-21(8-5-19)38(34,35)29-23(15-30)27(32)33;;/h2-9,12,14,23,29-30H,10-11,13,15-16H2,1H3,(H,32,33);2*1H/t23-;;/m0../s1. The number of rotatable bonds is 10. The first-order chi connectivity index (χ1) is 18.1. The van der Waals surface area contributed by atoms with Crippen LogP contribution in [0.3, 0.4) is 0 Å². The lowest BCUT2D eigenvalue weighted by Gasteiger charge is -2.16. The number of hydrogen-bond donors (Lipinski definition) is 3. The monoisotopic (exact) mass is 541 g/mol. The molecule has 202 valence electrons. The van der Waals surface area contributed by atoms with Gasteiger partial charge in [-0.3, -0.25) is 9.59 Å². The Labute approximate surface area is 223 Å². The number of hydrogen-bond acceptors (Lipinski definition) is 7. The fraction of sp³-hybridized carbons (Fsp3) is 0.286. The number of Topliss-reactive ketones (excluding diaryl/α,β-unsaturated/α-hetero) is 1. The normalized spacial score (nSPS) is 16.2. The van der Waals surface area contributed by atoms with Crippen molar-refractivity contribution < 1.29 is 40.5 Å². The smallest absolute Gasteiger partial charge is 0.324 e. The molecular formula is C28H31NO8S. The van der Waals surface area contributed by atoms with Crippen molar-refractivity contribution in [2.75, 3.05) is 13.4 Å². The Balaban J connectivity index is 0.00000220. The molecule has 0 unspecified atom stereocenters. The van der Waals surface area contributed by atoms with Crippen LogP contribution in [-0.2, 0) is 31.4 Å². The number of aliphatic hydroxyl groups is 1. The summed E-state index contributed by atoms with van der Waals surface area (Å²) in [5.41, 5.74) is 3.85. The summed E-state index contributed by atoms with van der Waals surface area (Å²) in [7, 11) is -4.14. The lowest BCUT2D eigenvalue weighted by atomic mass is 9.87. The number of nitrogens with one attached hydrogen (secondary N) is 1. The minimum Gasteiger partial charge on any atom is -0.480 e. The maximum absolute atomic E-state index is 13.4. The van der Waals surface area contributed by atoms with Crippen LogP contribution in [-0.4, -0.2) is 49.8 Å². The molecule has 1 heterocycles. The Kier molecular flexibility index (Phi) is 6.72. The largest absolute Gasteiger partial charge is 0.480 e. The van der Waals surface area contributed by atoms with Crippen molar-refractivity contribution in [1.29, 1.82) is 0 Å². The van der Waals surface area contributed by atoms with E-state index in [0.717, 1.165) is 40.7 Å². The summed E-state index contributed by atoms with van der Waals surface area (Å²) in [6.45, 7) is 1.25. The molecule has 0 amide bonds. The molecule has 10 heteroatoms. The zero-order valence-corrected chi connectivity index (χ0v) is 21.5. The lowest BCUT2D eigenvalue weighted by molar-refractivity contribution is -0.139. The molecule has 5 rings (SSSR count). The van der Waals surface area contributed by atoms with Gasteiger partial charge in [0.15, 0.2) is 11.5 Å². The Morgan fingerprint density at radius 3 is 2.39 bits per heavy atom. The first kappa shape index (κ1) is 25.9. The maximum atomic E-state index is 13.4. The number of carboxylic acids is 1. The van der Waals surface area contributed by atoms with E-state index in [0.29, 0.717) is 11.5 Å². The van der Waals surface area contributed by atoms with Gasteiger partial charge in [0.2, 0.25) is 16.8 Å². The van der Waals surface area contributed by atoms with Crippen molar-refractivity contribution >= 4 is 21.8 Å². The summed E-state index contributed by atoms with van der Waals surface area (Å²) < 4.78 is 37.9. The summed E-state index contributed by atoms with van der Waals surface area (Å²) in [5, 5.41) is 18.2. The molecule has 3 aromatic carbocycles. The van der Waals surface area contributed by atoms with E-state index in [1.54, 1.807) is 12.1 Å². The molecule has 3 N–H and O–H groups in total. The van der Waals surface area contributed by atoms with Crippen LogP contribution in [0.1, 0.15) is 32.4 Å². The number of aryl methyl sites for hydroxylation is 1. The van der Waals surface area contributed by atoms with E-state index < -0.39 is 34.1 Å². The van der Waals surface area contributed by atoms with Gasteiger partial charge in [0.1, 0.15) is 11.8 Å². The highest BCUT2D eigenvalue weighted by atomic mass is 32.2. The van der Waals surface area contributed by atoms with Crippen molar-refractivity contribution in [2.45, 2.75) is 42.5 Å². The van der Waals surface area contributed by atoms with Crippen molar-refractivity contribution in [3.05, 3.63) is 77.4 Å². The van der Waals surface area contributed by atoms with Crippen molar-refractivity contribution in [3.63, 3.8) is 0 Å². The molecule has 1 atom stereocenters. The van der Waals surface area contributed by atoms with Gasteiger partial charge in [-0.25, -0.2) is 8.42 Å². The summed E-state index contributed by atoms with van der Waals surface area (Å²) in [6, 6.07) is 15.9. The highest BCUT2D eigenvalue weighted by Crippen LogP contribution is 2.51. The van der Waals surface area contributed by atoms with Crippen molar-refractivity contribution in [2.24, 2.45) is 0 Å². The number of fused-ring (bicyclic) bond motifs is 1. The number of carboxylic acid groups (broad SMARTS) is 1. The minimum atomic E-state index is -4.14. The van der Waals surface area contributed by atoms with Gasteiger partial charge in [-0.05, 0) is 71.8 Å². The predicted molar refractivity (Wildman–Crippen MR) is 142 cm³/mol. The van der Waals surface area contributed by atoms with E-state index in [-0.39, 0.29) is 26.7 Å².